The van der Waals surface area contributed by atoms with Crippen molar-refractivity contribution in [2.75, 3.05) is 5.32 Å². The van der Waals surface area contributed by atoms with Gasteiger partial charge in [0.15, 0.2) is 11.7 Å². The molecule has 0 heterocycles. The van der Waals surface area contributed by atoms with Crippen molar-refractivity contribution in [2.24, 2.45) is 5.92 Å². The molecule has 2 rings (SSSR count). The predicted molar refractivity (Wildman–Crippen MR) is 88.8 cm³/mol. The normalized spacial score (nSPS) is 11.4. The summed E-state index contributed by atoms with van der Waals surface area (Å²) in [6.07, 6.45) is -0.0174. The minimum Gasteiger partial charge on any atom is -0.322 e. The minimum absolute atomic E-state index is 0.0174. The molecular formula is C19H17FN2O2. The maximum Gasteiger partial charge on any atom is 0.249 e. The highest BCUT2D eigenvalue weighted by Gasteiger charge is 2.27. The molecule has 1 atom stereocenters. The van der Waals surface area contributed by atoms with Crippen LogP contribution in [0, 0.1) is 36.9 Å². The molecule has 0 aromatic heterocycles. The number of amides is 1. The van der Waals surface area contributed by atoms with Crippen molar-refractivity contribution in [1.82, 2.24) is 0 Å². The molecule has 2 aromatic rings. The number of carbonyl (C=O) groups is 2. The summed E-state index contributed by atoms with van der Waals surface area (Å²) in [5.41, 5.74) is 2.63. The van der Waals surface area contributed by atoms with Crippen LogP contribution in [0.3, 0.4) is 0 Å². The van der Waals surface area contributed by atoms with Crippen LogP contribution in [0.4, 0.5) is 10.1 Å². The van der Waals surface area contributed by atoms with Gasteiger partial charge in [-0.25, -0.2) is 4.39 Å². The second kappa shape index (κ2) is 7.51. The van der Waals surface area contributed by atoms with E-state index in [1.165, 1.54) is 18.2 Å². The average Bonchev–Trinajstić information content (AvgIpc) is 2.54. The number of hydrogen-bond donors (Lipinski definition) is 1. The fourth-order valence-electron chi connectivity index (χ4n) is 2.32. The first-order chi connectivity index (χ1) is 11.4. The van der Waals surface area contributed by atoms with Gasteiger partial charge in [-0.15, -0.1) is 0 Å². The summed E-state index contributed by atoms with van der Waals surface area (Å²) in [4.78, 5) is 24.5. The van der Waals surface area contributed by atoms with Crippen LogP contribution >= 0.6 is 0 Å². The van der Waals surface area contributed by atoms with Crippen LogP contribution in [-0.4, -0.2) is 11.7 Å². The number of halogens is 1. The Morgan fingerprint density at radius 3 is 2.58 bits per heavy atom. The standard InChI is InChI=1S/C19H17FN2O2/c1-12-7-8-13(2)14(9-12)10-18(23)15(11-21)19(24)22-17-6-4-3-5-16(17)20/h3-9,15H,10H2,1-2H3,(H,22,24)/t15-/m0/s1. The zero-order chi connectivity index (χ0) is 17.7. The predicted octanol–water partition coefficient (Wildman–Crippen LogP) is 3.33. The van der Waals surface area contributed by atoms with E-state index in [0.29, 0.717) is 0 Å². The maximum absolute atomic E-state index is 13.6. The fourth-order valence-corrected chi connectivity index (χ4v) is 2.32. The van der Waals surface area contributed by atoms with Gasteiger partial charge in [-0.2, -0.15) is 5.26 Å². The second-order valence-corrected chi connectivity index (χ2v) is 5.60. The molecule has 1 amide bonds. The molecule has 5 heteroatoms. The van der Waals surface area contributed by atoms with E-state index in [4.69, 9.17) is 0 Å². The van der Waals surface area contributed by atoms with Crippen LogP contribution in [-0.2, 0) is 16.0 Å². The fraction of sp³-hybridized carbons (Fsp3) is 0.211. The van der Waals surface area contributed by atoms with Crippen molar-refractivity contribution in [2.45, 2.75) is 20.3 Å². The molecule has 2 aromatic carbocycles. The Morgan fingerprint density at radius 1 is 1.21 bits per heavy atom. The third-order valence-electron chi connectivity index (χ3n) is 3.71. The molecule has 0 radical (unpaired) electrons. The van der Waals surface area contributed by atoms with Gasteiger partial charge in [0.1, 0.15) is 5.82 Å². The van der Waals surface area contributed by atoms with Crippen molar-refractivity contribution in [1.29, 1.82) is 5.26 Å². The molecule has 0 aliphatic heterocycles. The number of aryl methyl sites for hydroxylation is 2. The van der Waals surface area contributed by atoms with E-state index in [9.17, 15) is 19.2 Å². The second-order valence-electron chi connectivity index (χ2n) is 5.60. The molecular weight excluding hydrogens is 307 g/mol. The zero-order valence-corrected chi connectivity index (χ0v) is 13.5. The molecule has 0 bridgehead atoms. The molecule has 0 saturated heterocycles. The van der Waals surface area contributed by atoms with Crippen LogP contribution < -0.4 is 5.32 Å². The van der Waals surface area contributed by atoms with Crippen LogP contribution in [0.1, 0.15) is 16.7 Å². The van der Waals surface area contributed by atoms with E-state index in [-0.39, 0.29) is 12.1 Å². The van der Waals surface area contributed by atoms with Crippen LogP contribution in [0.25, 0.3) is 0 Å². The summed E-state index contributed by atoms with van der Waals surface area (Å²) in [6, 6.07) is 13.0. The molecule has 0 aliphatic carbocycles. The number of nitrogens with zero attached hydrogens (tertiary/aromatic N) is 1. The Bertz CT molecular complexity index is 824. The first kappa shape index (κ1) is 17.4. The van der Waals surface area contributed by atoms with E-state index in [1.807, 2.05) is 32.0 Å². The third-order valence-corrected chi connectivity index (χ3v) is 3.71. The largest absolute Gasteiger partial charge is 0.322 e. The highest BCUT2D eigenvalue weighted by molar-refractivity contribution is 6.10. The number of hydrogen-bond acceptors (Lipinski definition) is 3. The number of anilines is 1. The summed E-state index contributed by atoms with van der Waals surface area (Å²) in [7, 11) is 0. The summed E-state index contributed by atoms with van der Waals surface area (Å²) in [5.74, 6) is -3.44. The number of benzene rings is 2. The number of Topliss-reactive ketones (excluding diaryl/α,β-unsaturated/α-hetero) is 1. The highest BCUT2D eigenvalue weighted by atomic mass is 19.1. The quantitative estimate of drug-likeness (QED) is 0.858. The maximum atomic E-state index is 13.6. The SMILES string of the molecule is Cc1ccc(C)c(CC(=O)[C@H](C#N)C(=O)Nc2ccccc2F)c1. The number of carbonyl (C=O) groups excluding carboxylic acids is 2. The zero-order valence-electron chi connectivity index (χ0n) is 13.5. The van der Waals surface area contributed by atoms with Gasteiger partial charge in [0, 0.05) is 6.42 Å². The molecule has 24 heavy (non-hydrogen) atoms. The first-order valence-corrected chi connectivity index (χ1v) is 7.46. The van der Waals surface area contributed by atoms with E-state index < -0.39 is 23.4 Å². The van der Waals surface area contributed by atoms with Gasteiger partial charge in [0.05, 0.1) is 11.8 Å². The van der Waals surface area contributed by atoms with Crippen molar-refractivity contribution in [3.05, 3.63) is 65.0 Å². The number of nitriles is 1. The lowest BCUT2D eigenvalue weighted by atomic mass is 9.94. The Hall–Kier alpha value is -3.00. The molecule has 0 unspecified atom stereocenters. The van der Waals surface area contributed by atoms with Gasteiger partial charge in [-0.3, -0.25) is 9.59 Å². The third kappa shape index (κ3) is 4.05. The minimum atomic E-state index is -1.48. The molecule has 0 saturated carbocycles. The molecule has 0 fully saturated rings. The number of nitrogens with one attached hydrogen (secondary N) is 1. The molecule has 0 aliphatic rings. The van der Waals surface area contributed by atoms with Crippen LogP contribution in [0.15, 0.2) is 42.5 Å². The van der Waals surface area contributed by atoms with Gasteiger partial charge >= 0.3 is 0 Å². The first-order valence-electron chi connectivity index (χ1n) is 7.46. The Labute approximate surface area is 139 Å². The van der Waals surface area contributed by atoms with Crippen molar-refractivity contribution < 1.29 is 14.0 Å². The van der Waals surface area contributed by atoms with Gasteiger partial charge in [0.25, 0.3) is 0 Å². The lowest BCUT2D eigenvalue weighted by Crippen LogP contribution is -2.30. The van der Waals surface area contributed by atoms with Crippen LogP contribution in [0.2, 0.25) is 0 Å². The Balaban J connectivity index is 2.14. The van der Waals surface area contributed by atoms with Gasteiger partial charge in [-0.1, -0.05) is 35.9 Å². The molecule has 1 N–H and O–H groups in total. The lowest BCUT2D eigenvalue weighted by Gasteiger charge is -2.11. The molecule has 4 nitrogen and oxygen atoms in total. The smallest absolute Gasteiger partial charge is 0.249 e. The van der Waals surface area contributed by atoms with E-state index in [0.717, 1.165) is 16.7 Å². The number of para-hydroxylation sites is 1. The van der Waals surface area contributed by atoms with Gasteiger partial charge in [0.2, 0.25) is 5.91 Å². The summed E-state index contributed by atoms with van der Waals surface area (Å²) in [5, 5.41) is 11.5. The van der Waals surface area contributed by atoms with Crippen LogP contribution in [0.5, 0.6) is 0 Å². The summed E-state index contributed by atoms with van der Waals surface area (Å²) >= 11 is 0. The van der Waals surface area contributed by atoms with Gasteiger partial charge in [-0.05, 0) is 37.1 Å². The summed E-state index contributed by atoms with van der Waals surface area (Å²) < 4.78 is 13.6. The van der Waals surface area contributed by atoms with Crippen molar-refractivity contribution in [3.63, 3.8) is 0 Å². The monoisotopic (exact) mass is 324 g/mol. The topological polar surface area (TPSA) is 70.0 Å². The lowest BCUT2D eigenvalue weighted by molar-refractivity contribution is -0.128. The Kier molecular flexibility index (Phi) is 5.43. The van der Waals surface area contributed by atoms with Gasteiger partial charge < -0.3 is 5.32 Å². The Morgan fingerprint density at radius 2 is 1.92 bits per heavy atom. The van der Waals surface area contributed by atoms with E-state index >= 15 is 0 Å². The van der Waals surface area contributed by atoms with Crippen molar-refractivity contribution in [3.8, 4) is 6.07 Å². The van der Waals surface area contributed by atoms with Crippen molar-refractivity contribution >= 4 is 17.4 Å². The summed E-state index contributed by atoms with van der Waals surface area (Å²) in [6.45, 7) is 3.77. The average molecular weight is 324 g/mol. The number of ketones is 1. The number of rotatable bonds is 5. The van der Waals surface area contributed by atoms with E-state index in [2.05, 4.69) is 5.32 Å². The highest BCUT2D eigenvalue weighted by Crippen LogP contribution is 2.17. The van der Waals surface area contributed by atoms with E-state index in [1.54, 1.807) is 12.1 Å². The molecule has 0 spiro atoms. The molecule has 122 valence electrons.